The molecule has 18 heavy (non-hydrogen) atoms. The third kappa shape index (κ3) is 7.21. The summed E-state index contributed by atoms with van der Waals surface area (Å²) in [5.41, 5.74) is 0. The molecule has 0 aromatic rings. The van der Waals surface area contributed by atoms with Crippen molar-refractivity contribution in [3.63, 3.8) is 0 Å². The maximum absolute atomic E-state index is 11.2. The molecule has 0 saturated carbocycles. The molecule has 0 aromatic heterocycles. The van der Waals surface area contributed by atoms with Gasteiger partial charge in [0.2, 0.25) is 5.91 Å². The third-order valence-electron chi connectivity index (χ3n) is 2.54. The number of hydrogen-bond donors (Lipinski definition) is 2. The van der Waals surface area contributed by atoms with Crippen LogP contribution in [0.1, 0.15) is 6.42 Å². The smallest absolute Gasteiger partial charge is 0.329 e. The van der Waals surface area contributed by atoms with Crippen molar-refractivity contribution < 1.29 is 24.2 Å². The van der Waals surface area contributed by atoms with Crippen LogP contribution in [0.2, 0.25) is 0 Å². The molecule has 1 aliphatic heterocycles. The summed E-state index contributed by atoms with van der Waals surface area (Å²) in [5.74, 6) is -1.35. The summed E-state index contributed by atoms with van der Waals surface area (Å²) < 4.78 is 9.90. The number of nitrogens with one attached hydrogen (secondary N) is 1. The predicted molar refractivity (Wildman–Crippen MR) is 63.3 cm³/mol. The van der Waals surface area contributed by atoms with Crippen molar-refractivity contribution in [2.24, 2.45) is 0 Å². The molecule has 2 N–H and O–H groups in total. The fourth-order valence-corrected chi connectivity index (χ4v) is 1.64. The molecule has 1 heterocycles. The van der Waals surface area contributed by atoms with Crippen molar-refractivity contribution in [3.05, 3.63) is 0 Å². The van der Waals surface area contributed by atoms with Crippen molar-refractivity contribution in [2.45, 2.75) is 6.42 Å². The summed E-state index contributed by atoms with van der Waals surface area (Å²) in [6, 6.07) is 0. The van der Waals surface area contributed by atoms with E-state index in [9.17, 15) is 9.59 Å². The molecular formula is C11H20N2O5. The lowest BCUT2D eigenvalue weighted by atomic mass is 10.3. The van der Waals surface area contributed by atoms with E-state index in [1.54, 1.807) is 0 Å². The second-order valence-corrected chi connectivity index (χ2v) is 4.04. The van der Waals surface area contributed by atoms with Crippen molar-refractivity contribution in [1.29, 1.82) is 0 Å². The molecule has 0 radical (unpaired) electrons. The van der Waals surface area contributed by atoms with Crippen LogP contribution >= 0.6 is 0 Å². The zero-order valence-electron chi connectivity index (χ0n) is 10.4. The van der Waals surface area contributed by atoms with Crippen LogP contribution in [-0.4, -0.2) is 74.5 Å². The highest BCUT2D eigenvalue weighted by atomic mass is 16.5. The van der Waals surface area contributed by atoms with Gasteiger partial charge in [0.05, 0.1) is 13.2 Å². The SMILES string of the molecule is O=C(O)COCC(=O)NCCCN1CCOCC1. The molecule has 104 valence electrons. The van der Waals surface area contributed by atoms with Gasteiger partial charge in [-0.3, -0.25) is 9.69 Å². The van der Waals surface area contributed by atoms with E-state index in [4.69, 9.17) is 9.84 Å². The lowest BCUT2D eigenvalue weighted by Gasteiger charge is -2.26. The summed E-state index contributed by atoms with van der Waals surface area (Å²) in [5, 5.41) is 11.0. The Kier molecular flexibility index (Phi) is 7.31. The minimum atomic E-state index is -1.07. The number of nitrogens with zero attached hydrogens (tertiary/aromatic N) is 1. The van der Waals surface area contributed by atoms with Crippen LogP contribution in [0.3, 0.4) is 0 Å². The summed E-state index contributed by atoms with van der Waals surface area (Å²) in [4.78, 5) is 23.6. The normalized spacial score (nSPS) is 16.4. The van der Waals surface area contributed by atoms with E-state index in [1.807, 2.05) is 0 Å². The van der Waals surface area contributed by atoms with Crippen LogP contribution in [0.15, 0.2) is 0 Å². The molecule has 0 aliphatic carbocycles. The Morgan fingerprint density at radius 2 is 2.00 bits per heavy atom. The third-order valence-corrected chi connectivity index (χ3v) is 2.54. The first-order valence-electron chi connectivity index (χ1n) is 6.05. The molecule has 0 spiro atoms. The van der Waals surface area contributed by atoms with E-state index in [1.165, 1.54) is 0 Å². The Morgan fingerprint density at radius 3 is 2.67 bits per heavy atom. The predicted octanol–water partition coefficient (Wildman–Crippen LogP) is -1.07. The van der Waals surface area contributed by atoms with Gasteiger partial charge < -0.3 is 19.9 Å². The maximum Gasteiger partial charge on any atom is 0.329 e. The largest absolute Gasteiger partial charge is 0.480 e. The van der Waals surface area contributed by atoms with E-state index in [-0.39, 0.29) is 12.5 Å². The van der Waals surface area contributed by atoms with Gasteiger partial charge in [-0.1, -0.05) is 0 Å². The first-order chi connectivity index (χ1) is 8.68. The standard InChI is InChI=1S/C11H20N2O5/c14-10(8-18-9-11(15)16)12-2-1-3-13-4-6-17-7-5-13/h1-9H2,(H,12,14)(H,15,16). The van der Waals surface area contributed by atoms with Gasteiger partial charge in [-0.25, -0.2) is 4.79 Å². The van der Waals surface area contributed by atoms with Gasteiger partial charge in [0.25, 0.3) is 0 Å². The lowest BCUT2D eigenvalue weighted by Crippen LogP contribution is -2.38. The van der Waals surface area contributed by atoms with Gasteiger partial charge in [0.15, 0.2) is 0 Å². The van der Waals surface area contributed by atoms with Gasteiger partial charge in [-0.2, -0.15) is 0 Å². The van der Waals surface area contributed by atoms with Crippen molar-refractivity contribution >= 4 is 11.9 Å². The Balaban J connectivity index is 1.93. The van der Waals surface area contributed by atoms with Crippen molar-refractivity contribution in [1.82, 2.24) is 10.2 Å². The molecule has 1 amide bonds. The highest BCUT2D eigenvalue weighted by Crippen LogP contribution is 1.97. The topological polar surface area (TPSA) is 88.1 Å². The summed E-state index contributed by atoms with van der Waals surface area (Å²) in [6.07, 6.45) is 0.866. The number of hydrogen-bond acceptors (Lipinski definition) is 5. The molecule has 7 heteroatoms. The van der Waals surface area contributed by atoms with E-state index < -0.39 is 12.6 Å². The lowest BCUT2D eigenvalue weighted by molar-refractivity contribution is -0.143. The maximum atomic E-state index is 11.2. The zero-order chi connectivity index (χ0) is 13.2. The van der Waals surface area contributed by atoms with Crippen molar-refractivity contribution in [2.75, 3.05) is 52.6 Å². The summed E-state index contributed by atoms with van der Waals surface area (Å²) in [6.45, 7) is 4.29. The number of carbonyl (C=O) groups is 2. The molecule has 7 nitrogen and oxygen atoms in total. The van der Waals surface area contributed by atoms with Crippen LogP contribution in [0.25, 0.3) is 0 Å². The number of carboxylic acids is 1. The van der Waals surface area contributed by atoms with E-state index >= 15 is 0 Å². The second kappa shape index (κ2) is 8.84. The molecule has 0 aromatic carbocycles. The van der Waals surface area contributed by atoms with Crippen LogP contribution in [-0.2, 0) is 19.1 Å². The molecule has 1 saturated heterocycles. The van der Waals surface area contributed by atoms with Gasteiger partial charge in [0, 0.05) is 19.6 Å². The minimum Gasteiger partial charge on any atom is -0.480 e. The number of ether oxygens (including phenoxy) is 2. The molecule has 0 unspecified atom stereocenters. The number of morpholine rings is 1. The first-order valence-corrected chi connectivity index (χ1v) is 6.05. The molecule has 1 aliphatic rings. The Hall–Kier alpha value is -1.18. The van der Waals surface area contributed by atoms with Crippen molar-refractivity contribution in [3.8, 4) is 0 Å². The summed E-state index contributed by atoms with van der Waals surface area (Å²) >= 11 is 0. The van der Waals surface area contributed by atoms with Gasteiger partial charge >= 0.3 is 5.97 Å². The second-order valence-electron chi connectivity index (χ2n) is 4.04. The highest BCUT2D eigenvalue weighted by Gasteiger charge is 2.09. The van der Waals surface area contributed by atoms with Crippen LogP contribution in [0.5, 0.6) is 0 Å². The number of carboxylic acid groups (broad SMARTS) is 1. The molecule has 1 rings (SSSR count). The van der Waals surface area contributed by atoms with Gasteiger partial charge in [0.1, 0.15) is 13.2 Å². The monoisotopic (exact) mass is 260 g/mol. The molecule has 0 bridgehead atoms. The minimum absolute atomic E-state index is 0.205. The van der Waals surface area contributed by atoms with Gasteiger partial charge in [-0.05, 0) is 13.0 Å². The highest BCUT2D eigenvalue weighted by molar-refractivity contribution is 5.77. The zero-order valence-corrected chi connectivity index (χ0v) is 10.4. The van der Waals surface area contributed by atoms with Crippen LogP contribution in [0.4, 0.5) is 0 Å². The van der Waals surface area contributed by atoms with E-state index in [0.717, 1.165) is 39.3 Å². The molecule has 0 atom stereocenters. The van der Waals surface area contributed by atoms with Crippen LogP contribution < -0.4 is 5.32 Å². The van der Waals surface area contributed by atoms with E-state index in [0.29, 0.717) is 6.54 Å². The fourth-order valence-electron chi connectivity index (χ4n) is 1.64. The number of carbonyl (C=O) groups excluding carboxylic acids is 1. The van der Waals surface area contributed by atoms with E-state index in [2.05, 4.69) is 15.0 Å². The first kappa shape index (κ1) is 14.9. The Morgan fingerprint density at radius 1 is 1.28 bits per heavy atom. The van der Waals surface area contributed by atoms with Crippen LogP contribution in [0, 0.1) is 0 Å². The quantitative estimate of drug-likeness (QED) is 0.540. The van der Waals surface area contributed by atoms with Gasteiger partial charge in [-0.15, -0.1) is 0 Å². The number of rotatable bonds is 8. The molecule has 1 fully saturated rings. The number of aliphatic carboxylic acids is 1. The Labute approximate surface area is 106 Å². The average Bonchev–Trinajstić information content (AvgIpc) is 2.35. The number of amides is 1. The fraction of sp³-hybridized carbons (Fsp3) is 0.818. The summed E-state index contributed by atoms with van der Waals surface area (Å²) in [7, 11) is 0. The average molecular weight is 260 g/mol. The molecular weight excluding hydrogens is 240 g/mol. The Bertz CT molecular complexity index is 266.